The van der Waals surface area contributed by atoms with Crippen molar-refractivity contribution in [2.75, 3.05) is 26.2 Å². The Morgan fingerprint density at radius 2 is 2.17 bits per heavy atom. The van der Waals surface area contributed by atoms with E-state index < -0.39 is 0 Å². The molecule has 0 bridgehead atoms. The summed E-state index contributed by atoms with van der Waals surface area (Å²) in [6.07, 6.45) is 3.13. The van der Waals surface area contributed by atoms with Gasteiger partial charge in [-0.2, -0.15) is 0 Å². The molecule has 0 amide bonds. The minimum atomic E-state index is 0.463. The van der Waals surface area contributed by atoms with Crippen LogP contribution >= 0.6 is 0 Å². The van der Waals surface area contributed by atoms with Gasteiger partial charge >= 0.3 is 0 Å². The first-order chi connectivity index (χ1) is 11.6. The minimum absolute atomic E-state index is 0.463. The van der Waals surface area contributed by atoms with Gasteiger partial charge in [0.05, 0.1) is 5.69 Å². The van der Waals surface area contributed by atoms with Crippen LogP contribution in [-0.4, -0.2) is 48.2 Å². The predicted octanol–water partition coefficient (Wildman–Crippen LogP) is 2.33. The fourth-order valence-corrected chi connectivity index (χ4v) is 2.88. The third-order valence-electron chi connectivity index (χ3n) is 4.13. The number of aryl methyl sites for hydroxylation is 1. The molecular weight excluding hydrogens is 302 g/mol. The van der Waals surface area contributed by atoms with Gasteiger partial charge in [0, 0.05) is 38.3 Å². The van der Waals surface area contributed by atoms with Crippen molar-refractivity contribution >= 4 is 5.96 Å². The zero-order valence-corrected chi connectivity index (χ0v) is 15.3. The Morgan fingerprint density at radius 1 is 1.42 bits per heavy atom. The van der Waals surface area contributed by atoms with E-state index in [4.69, 9.17) is 4.52 Å². The molecule has 6 heteroatoms. The summed E-state index contributed by atoms with van der Waals surface area (Å²) in [5, 5.41) is 10.9. The maximum Gasteiger partial charge on any atom is 0.191 e. The predicted molar refractivity (Wildman–Crippen MR) is 98.1 cm³/mol. The van der Waals surface area contributed by atoms with E-state index in [0.717, 1.165) is 62.9 Å². The van der Waals surface area contributed by atoms with Gasteiger partial charge in [-0.3, -0.25) is 4.90 Å². The standard InChI is InChI=1S/C18H31N5O/c1-5-15-11-17(24-22-15)12-20-18(19-6-2)21-16-7-9-23(10-8-16)13-14(3)4/h11,16H,3,5-10,12-13H2,1-2,4H3,(H2,19,20,21). The van der Waals surface area contributed by atoms with E-state index in [1.807, 2.05) is 6.07 Å². The summed E-state index contributed by atoms with van der Waals surface area (Å²) in [5.74, 6) is 1.66. The number of rotatable bonds is 7. The van der Waals surface area contributed by atoms with Gasteiger partial charge in [0.25, 0.3) is 0 Å². The first-order valence-corrected chi connectivity index (χ1v) is 8.96. The Morgan fingerprint density at radius 3 is 2.75 bits per heavy atom. The van der Waals surface area contributed by atoms with Crippen molar-refractivity contribution < 1.29 is 4.52 Å². The summed E-state index contributed by atoms with van der Waals surface area (Å²) in [4.78, 5) is 7.09. The average Bonchev–Trinajstić information content (AvgIpc) is 3.02. The Kier molecular flexibility index (Phi) is 7.31. The number of guanidine groups is 1. The lowest BCUT2D eigenvalue weighted by atomic mass is 10.0. The van der Waals surface area contributed by atoms with Crippen LogP contribution < -0.4 is 10.6 Å². The van der Waals surface area contributed by atoms with Crippen LogP contribution in [0.3, 0.4) is 0 Å². The zero-order chi connectivity index (χ0) is 17.4. The number of nitrogens with one attached hydrogen (secondary N) is 2. The Bertz CT molecular complexity index is 543. The Labute approximate surface area is 145 Å². The third kappa shape index (κ3) is 6.00. The summed E-state index contributed by atoms with van der Waals surface area (Å²) in [7, 11) is 0. The van der Waals surface area contributed by atoms with E-state index in [-0.39, 0.29) is 0 Å². The number of aromatic nitrogens is 1. The van der Waals surface area contributed by atoms with E-state index in [1.165, 1.54) is 5.57 Å². The van der Waals surface area contributed by atoms with Crippen LogP contribution in [-0.2, 0) is 13.0 Å². The van der Waals surface area contributed by atoms with Gasteiger partial charge < -0.3 is 15.2 Å². The quantitative estimate of drug-likeness (QED) is 0.455. The van der Waals surface area contributed by atoms with Gasteiger partial charge in [0.1, 0.15) is 6.54 Å². The molecular formula is C18H31N5O. The summed E-state index contributed by atoms with van der Waals surface area (Å²) < 4.78 is 5.30. The van der Waals surface area contributed by atoms with Gasteiger partial charge in [-0.05, 0) is 33.1 Å². The molecule has 1 aliphatic rings. The topological polar surface area (TPSA) is 65.7 Å². The highest BCUT2D eigenvalue weighted by Crippen LogP contribution is 2.11. The maximum absolute atomic E-state index is 5.30. The molecule has 0 unspecified atom stereocenters. The van der Waals surface area contributed by atoms with E-state index in [2.05, 4.69) is 53.0 Å². The zero-order valence-electron chi connectivity index (χ0n) is 15.3. The van der Waals surface area contributed by atoms with Crippen molar-refractivity contribution in [2.24, 2.45) is 4.99 Å². The summed E-state index contributed by atoms with van der Waals surface area (Å²) in [5.41, 5.74) is 2.21. The molecule has 24 heavy (non-hydrogen) atoms. The molecule has 134 valence electrons. The van der Waals surface area contributed by atoms with Crippen LogP contribution in [0.25, 0.3) is 0 Å². The number of nitrogens with zero attached hydrogens (tertiary/aromatic N) is 3. The molecule has 0 spiro atoms. The highest BCUT2D eigenvalue weighted by Gasteiger charge is 2.19. The molecule has 0 saturated carbocycles. The minimum Gasteiger partial charge on any atom is -0.359 e. The van der Waals surface area contributed by atoms with E-state index in [0.29, 0.717) is 12.6 Å². The Hall–Kier alpha value is -1.82. The molecule has 6 nitrogen and oxygen atoms in total. The number of aliphatic imine (C=N–C) groups is 1. The van der Waals surface area contributed by atoms with Gasteiger partial charge in [-0.25, -0.2) is 4.99 Å². The monoisotopic (exact) mass is 333 g/mol. The molecule has 0 atom stereocenters. The lowest BCUT2D eigenvalue weighted by Gasteiger charge is -2.33. The second-order valence-corrected chi connectivity index (χ2v) is 6.49. The highest BCUT2D eigenvalue weighted by molar-refractivity contribution is 5.80. The molecule has 2 rings (SSSR count). The van der Waals surface area contributed by atoms with Crippen LogP contribution in [0.1, 0.15) is 45.1 Å². The second-order valence-electron chi connectivity index (χ2n) is 6.49. The maximum atomic E-state index is 5.30. The van der Waals surface area contributed by atoms with Gasteiger partial charge in [0.15, 0.2) is 11.7 Å². The van der Waals surface area contributed by atoms with E-state index >= 15 is 0 Å². The van der Waals surface area contributed by atoms with Crippen LogP contribution in [0.15, 0.2) is 27.7 Å². The molecule has 1 aromatic rings. The lowest BCUT2D eigenvalue weighted by molar-refractivity contribution is 0.221. The normalized spacial score (nSPS) is 17.0. The first-order valence-electron chi connectivity index (χ1n) is 8.96. The molecule has 0 aromatic carbocycles. The molecule has 2 N–H and O–H groups in total. The van der Waals surface area contributed by atoms with Crippen molar-refractivity contribution in [3.63, 3.8) is 0 Å². The summed E-state index contributed by atoms with van der Waals surface area (Å²) in [6, 6.07) is 2.44. The van der Waals surface area contributed by atoms with Crippen LogP contribution in [0.2, 0.25) is 0 Å². The molecule has 1 fully saturated rings. The smallest absolute Gasteiger partial charge is 0.191 e. The van der Waals surface area contributed by atoms with Crippen LogP contribution in [0.5, 0.6) is 0 Å². The van der Waals surface area contributed by atoms with Crippen molar-refractivity contribution in [3.05, 3.63) is 29.7 Å². The lowest BCUT2D eigenvalue weighted by Crippen LogP contribution is -2.48. The molecule has 1 aliphatic heterocycles. The molecule has 1 saturated heterocycles. The van der Waals surface area contributed by atoms with Gasteiger partial charge in [-0.15, -0.1) is 0 Å². The molecule has 2 heterocycles. The average molecular weight is 333 g/mol. The number of likely N-dealkylation sites (tertiary alicyclic amines) is 1. The van der Waals surface area contributed by atoms with Crippen LogP contribution in [0, 0.1) is 0 Å². The SMILES string of the molecule is C=C(C)CN1CCC(NC(=NCc2cc(CC)no2)NCC)CC1. The van der Waals surface area contributed by atoms with Crippen LogP contribution in [0.4, 0.5) is 0 Å². The summed E-state index contributed by atoms with van der Waals surface area (Å²) in [6.45, 7) is 14.8. The summed E-state index contributed by atoms with van der Waals surface area (Å²) >= 11 is 0. The fourth-order valence-electron chi connectivity index (χ4n) is 2.88. The number of hydrogen-bond acceptors (Lipinski definition) is 4. The van der Waals surface area contributed by atoms with E-state index in [9.17, 15) is 0 Å². The number of piperidine rings is 1. The molecule has 0 radical (unpaired) electrons. The first kappa shape index (κ1) is 18.5. The Balaban J connectivity index is 1.84. The fraction of sp³-hybridized carbons (Fsp3) is 0.667. The van der Waals surface area contributed by atoms with Crippen molar-refractivity contribution in [3.8, 4) is 0 Å². The number of hydrogen-bond donors (Lipinski definition) is 2. The van der Waals surface area contributed by atoms with Crippen molar-refractivity contribution in [1.29, 1.82) is 0 Å². The van der Waals surface area contributed by atoms with Gasteiger partial charge in [-0.1, -0.05) is 24.2 Å². The van der Waals surface area contributed by atoms with E-state index in [1.54, 1.807) is 0 Å². The molecule has 0 aliphatic carbocycles. The van der Waals surface area contributed by atoms with Crippen molar-refractivity contribution in [1.82, 2.24) is 20.7 Å². The second kappa shape index (κ2) is 9.47. The third-order valence-corrected chi connectivity index (χ3v) is 4.13. The van der Waals surface area contributed by atoms with Crippen molar-refractivity contribution in [2.45, 2.75) is 52.6 Å². The van der Waals surface area contributed by atoms with Gasteiger partial charge in [0.2, 0.25) is 0 Å². The highest BCUT2D eigenvalue weighted by atomic mass is 16.5. The largest absolute Gasteiger partial charge is 0.359 e. The molecule has 1 aromatic heterocycles.